The number of aliphatic hydroxyl groups is 2. The number of hydrogen-bond donors (Lipinski definition) is 2. The van der Waals surface area contributed by atoms with E-state index >= 15 is 0 Å². The molecule has 0 amide bonds. The quantitative estimate of drug-likeness (QED) is 0.344. The minimum Gasteiger partial charge on any atom is -0.387 e. The standard InChI is InChI=1S/C16H21N3O6/c17-19-18-7-4-8-22-16-13(21)12(20)14-11(24-16)9-23-15(25-14)10-5-2-1-3-6-10/h1-3,5-6,11-16,20-21H,4,7-9H2/t11-,12-,13-,14+,15?,16-/m1/s1. The van der Waals surface area contributed by atoms with Gasteiger partial charge in [-0.05, 0) is 12.0 Å². The van der Waals surface area contributed by atoms with Gasteiger partial charge >= 0.3 is 0 Å². The molecule has 2 aliphatic rings. The average molecular weight is 351 g/mol. The van der Waals surface area contributed by atoms with Crippen molar-refractivity contribution in [2.24, 2.45) is 5.11 Å². The molecule has 2 N–H and O–H groups in total. The zero-order valence-corrected chi connectivity index (χ0v) is 13.5. The van der Waals surface area contributed by atoms with Crippen molar-refractivity contribution in [1.82, 2.24) is 0 Å². The van der Waals surface area contributed by atoms with Gasteiger partial charge in [-0.2, -0.15) is 0 Å². The molecule has 2 saturated heterocycles. The van der Waals surface area contributed by atoms with Crippen molar-refractivity contribution in [3.05, 3.63) is 46.3 Å². The summed E-state index contributed by atoms with van der Waals surface area (Å²) in [5.74, 6) is 0. The highest BCUT2D eigenvalue weighted by Crippen LogP contribution is 2.34. The van der Waals surface area contributed by atoms with E-state index in [1.54, 1.807) is 0 Å². The van der Waals surface area contributed by atoms with E-state index in [2.05, 4.69) is 10.0 Å². The zero-order valence-electron chi connectivity index (χ0n) is 13.5. The van der Waals surface area contributed by atoms with Crippen LogP contribution < -0.4 is 0 Å². The van der Waals surface area contributed by atoms with Crippen LogP contribution in [0.3, 0.4) is 0 Å². The van der Waals surface area contributed by atoms with E-state index in [-0.39, 0.29) is 13.2 Å². The molecule has 9 nitrogen and oxygen atoms in total. The Morgan fingerprint density at radius 1 is 1.20 bits per heavy atom. The lowest BCUT2D eigenvalue weighted by atomic mass is 9.98. The molecule has 0 bridgehead atoms. The van der Waals surface area contributed by atoms with E-state index < -0.39 is 37.0 Å². The summed E-state index contributed by atoms with van der Waals surface area (Å²) in [6.07, 6.45) is -4.76. The van der Waals surface area contributed by atoms with Crippen molar-refractivity contribution < 1.29 is 29.2 Å². The number of azide groups is 1. The first kappa shape index (κ1) is 18.1. The number of benzene rings is 1. The van der Waals surface area contributed by atoms with E-state index in [0.717, 1.165) is 5.56 Å². The molecule has 0 aliphatic carbocycles. The molecule has 0 aromatic heterocycles. The lowest BCUT2D eigenvalue weighted by Crippen LogP contribution is -2.62. The molecule has 0 spiro atoms. The molecule has 6 atom stereocenters. The monoisotopic (exact) mass is 351 g/mol. The molecular weight excluding hydrogens is 330 g/mol. The normalized spacial score (nSPS) is 34.8. The molecule has 2 aliphatic heterocycles. The summed E-state index contributed by atoms with van der Waals surface area (Å²) in [5.41, 5.74) is 9.05. The molecule has 136 valence electrons. The molecule has 9 heteroatoms. The Balaban J connectivity index is 1.57. The summed E-state index contributed by atoms with van der Waals surface area (Å²) in [7, 11) is 0. The number of hydrogen-bond acceptors (Lipinski definition) is 7. The summed E-state index contributed by atoms with van der Waals surface area (Å²) < 4.78 is 22.6. The Kier molecular flexibility index (Phi) is 6.22. The van der Waals surface area contributed by atoms with Crippen LogP contribution in [-0.2, 0) is 18.9 Å². The van der Waals surface area contributed by atoms with Crippen molar-refractivity contribution in [3.63, 3.8) is 0 Å². The average Bonchev–Trinajstić information content (AvgIpc) is 2.66. The van der Waals surface area contributed by atoms with Gasteiger partial charge in [-0.3, -0.25) is 0 Å². The van der Waals surface area contributed by atoms with Gasteiger partial charge in [-0.25, -0.2) is 0 Å². The van der Waals surface area contributed by atoms with Gasteiger partial charge in [0, 0.05) is 23.6 Å². The second kappa shape index (κ2) is 8.59. The summed E-state index contributed by atoms with van der Waals surface area (Å²) >= 11 is 0. The molecule has 1 aromatic rings. The number of nitrogens with zero attached hydrogens (tertiary/aromatic N) is 3. The third kappa shape index (κ3) is 4.28. The zero-order chi connectivity index (χ0) is 17.6. The van der Waals surface area contributed by atoms with Crippen molar-refractivity contribution in [1.29, 1.82) is 0 Å². The topological polar surface area (TPSA) is 126 Å². The van der Waals surface area contributed by atoms with Gasteiger partial charge in [0.25, 0.3) is 0 Å². The van der Waals surface area contributed by atoms with Gasteiger partial charge in [0.15, 0.2) is 12.6 Å². The Morgan fingerprint density at radius 3 is 2.76 bits per heavy atom. The lowest BCUT2D eigenvalue weighted by molar-refractivity contribution is -0.361. The van der Waals surface area contributed by atoms with Crippen LogP contribution in [0.15, 0.2) is 35.4 Å². The van der Waals surface area contributed by atoms with Crippen molar-refractivity contribution in [3.8, 4) is 0 Å². The molecule has 3 rings (SSSR count). The number of fused-ring (bicyclic) bond motifs is 1. The van der Waals surface area contributed by atoms with Gasteiger partial charge < -0.3 is 29.2 Å². The first-order valence-corrected chi connectivity index (χ1v) is 8.17. The van der Waals surface area contributed by atoms with Crippen LogP contribution in [0, 0.1) is 0 Å². The largest absolute Gasteiger partial charge is 0.387 e. The van der Waals surface area contributed by atoms with E-state index in [4.69, 9.17) is 24.5 Å². The highest BCUT2D eigenvalue weighted by molar-refractivity contribution is 5.16. The minimum absolute atomic E-state index is 0.215. The summed E-state index contributed by atoms with van der Waals surface area (Å²) in [4.78, 5) is 2.65. The lowest BCUT2D eigenvalue weighted by Gasteiger charge is -2.46. The van der Waals surface area contributed by atoms with Crippen molar-refractivity contribution >= 4 is 0 Å². The molecule has 1 unspecified atom stereocenters. The van der Waals surface area contributed by atoms with Crippen LogP contribution in [0.25, 0.3) is 10.4 Å². The predicted octanol–water partition coefficient (Wildman–Crippen LogP) is 1.26. The van der Waals surface area contributed by atoms with Crippen LogP contribution in [0.2, 0.25) is 0 Å². The van der Waals surface area contributed by atoms with Gasteiger partial charge in [-0.15, -0.1) is 0 Å². The van der Waals surface area contributed by atoms with Crippen molar-refractivity contribution in [2.75, 3.05) is 19.8 Å². The van der Waals surface area contributed by atoms with Crippen LogP contribution in [0.1, 0.15) is 18.3 Å². The van der Waals surface area contributed by atoms with E-state index in [9.17, 15) is 10.2 Å². The highest BCUT2D eigenvalue weighted by Gasteiger charge is 2.49. The molecule has 0 saturated carbocycles. The summed E-state index contributed by atoms with van der Waals surface area (Å²) in [6, 6.07) is 9.37. The highest BCUT2D eigenvalue weighted by atomic mass is 16.8. The first-order valence-electron chi connectivity index (χ1n) is 8.17. The fourth-order valence-electron chi connectivity index (χ4n) is 2.87. The van der Waals surface area contributed by atoms with E-state index in [1.807, 2.05) is 30.3 Å². The third-order valence-electron chi connectivity index (χ3n) is 4.15. The summed E-state index contributed by atoms with van der Waals surface area (Å²) in [5, 5.41) is 24.0. The Bertz CT molecular complexity index is 595. The molecule has 2 heterocycles. The fourth-order valence-corrected chi connectivity index (χ4v) is 2.87. The smallest absolute Gasteiger partial charge is 0.186 e. The second-order valence-corrected chi connectivity index (χ2v) is 5.88. The number of ether oxygens (including phenoxy) is 4. The summed E-state index contributed by atoms with van der Waals surface area (Å²) in [6.45, 7) is 0.741. The Morgan fingerprint density at radius 2 is 2.00 bits per heavy atom. The predicted molar refractivity (Wildman–Crippen MR) is 85.3 cm³/mol. The molecule has 2 fully saturated rings. The molecule has 25 heavy (non-hydrogen) atoms. The molecule has 1 aromatic carbocycles. The van der Waals surface area contributed by atoms with Gasteiger partial charge in [0.2, 0.25) is 0 Å². The Labute approximate surface area is 144 Å². The van der Waals surface area contributed by atoms with E-state index in [0.29, 0.717) is 13.0 Å². The Hall–Kier alpha value is -1.71. The molecule has 0 radical (unpaired) electrons. The second-order valence-electron chi connectivity index (χ2n) is 5.88. The number of aliphatic hydroxyl groups excluding tert-OH is 2. The first-order chi connectivity index (χ1) is 12.2. The maximum atomic E-state index is 10.4. The molecular formula is C16H21N3O6. The maximum absolute atomic E-state index is 10.4. The van der Waals surface area contributed by atoms with Gasteiger partial charge in [-0.1, -0.05) is 35.4 Å². The SMILES string of the molecule is [N-]=[N+]=NCCCO[C@@H]1O[C@@H]2COC(c3ccccc3)O[C@@H]2[C@H](O)[C@H]1O. The van der Waals surface area contributed by atoms with Crippen LogP contribution in [-0.4, -0.2) is 60.7 Å². The number of rotatable bonds is 6. The van der Waals surface area contributed by atoms with Crippen LogP contribution in [0.4, 0.5) is 0 Å². The minimum atomic E-state index is -1.24. The van der Waals surface area contributed by atoms with Gasteiger partial charge in [0.05, 0.1) is 6.61 Å². The fraction of sp³-hybridized carbons (Fsp3) is 0.625. The van der Waals surface area contributed by atoms with Gasteiger partial charge in [0.1, 0.15) is 24.4 Å². The van der Waals surface area contributed by atoms with Crippen LogP contribution in [0.5, 0.6) is 0 Å². The van der Waals surface area contributed by atoms with E-state index in [1.165, 1.54) is 0 Å². The maximum Gasteiger partial charge on any atom is 0.186 e. The van der Waals surface area contributed by atoms with Crippen LogP contribution >= 0.6 is 0 Å². The van der Waals surface area contributed by atoms with Crippen molar-refractivity contribution in [2.45, 2.75) is 43.4 Å². The third-order valence-corrected chi connectivity index (χ3v) is 4.15.